The summed E-state index contributed by atoms with van der Waals surface area (Å²) in [5, 5.41) is 18.1. The molecule has 0 aromatic rings. The number of likely N-dealkylation sites (tertiary alicyclic amines) is 1. The summed E-state index contributed by atoms with van der Waals surface area (Å²) in [6, 6.07) is -0.738. The molecule has 1 heterocycles. The molecule has 0 bridgehead atoms. The van der Waals surface area contributed by atoms with Crippen LogP contribution in [-0.4, -0.2) is 64.8 Å². The fourth-order valence-corrected chi connectivity index (χ4v) is 1.56. The Balaban J connectivity index is 2.76. The Labute approximate surface area is 81.7 Å². The summed E-state index contributed by atoms with van der Waals surface area (Å²) in [7, 11) is 3.13. The molecule has 1 aliphatic rings. The number of carboxylic acid groups (broad SMARTS) is 1. The second-order valence-electron chi connectivity index (χ2n) is 3.57. The van der Waals surface area contributed by atoms with E-state index in [4.69, 9.17) is 5.11 Å². The van der Waals surface area contributed by atoms with Crippen LogP contribution in [0, 0.1) is 0 Å². The molecule has 80 valence electrons. The minimum Gasteiger partial charge on any atom is -0.465 e. The van der Waals surface area contributed by atoms with Gasteiger partial charge < -0.3 is 15.1 Å². The number of aliphatic hydroxyl groups is 1. The Morgan fingerprint density at radius 1 is 1.43 bits per heavy atom. The topological polar surface area (TPSA) is 81.1 Å². The Hall–Kier alpha value is -1.30. The number of β-amino-alcohol motifs (C(OH)–C–C–N with tert-alkyl or cyclic N) is 1. The van der Waals surface area contributed by atoms with Gasteiger partial charge in [-0.3, -0.25) is 9.69 Å². The summed E-state index contributed by atoms with van der Waals surface area (Å²) in [5.41, 5.74) is 0. The normalized spacial score (nSPS) is 26.4. The van der Waals surface area contributed by atoms with Crippen molar-refractivity contribution in [3.05, 3.63) is 0 Å². The summed E-state index contributed by atoms with van der Waals surface area (Å²) in [6.45, 7) is 0.0135. The molecule has 6 nitrogen and oxygen atoms in total. The average Bonchev–Trinajstić information content (AvgIpc) is 2.45. The van der Waals surface area contributed by atoms with E-state index in [0.717, 1.165) is 4.90 Å². The molecule has 0 aliphatic carbocycles. The summed E-state index contributed by atoms with van der Waals surface area (Å²) < 4.78 is 0. The minimum atomic E-state index is -1.17. The van der Waals surface area contributed by atoms with Crippen LogP contribution >= 0.6 is 0 Å². The lowest BCUT2D eigenvalue weighted by Gasteiger charge is -2.23. The first-order valence-corrected chi connectivity index (χ1v) is 4.32. The minimum absolute atomic E-state index is 0.0135. The SMILES string of the molecule is CN(C)C(=O)[C@@H]1C[C@@H](O)CN1C(=O)O. The van der Waals surface area contributed by atoms with Crippen LogP contribution in [0.1, 0.15) is 6.42 Å². The molecule has 14 heavy (non-hydrogen) atoms. The van der Waals surface area contributed by atoms with Crippen LogP contribution < -0.4 is 0 Å². The molecular formula is C8H14N2O4. The highest BCUT2D eigenvalue weighted by atomic mass is 16.4. The van der Waals surface area contributed by atoms with Gasteiger partial charge in [0, 0.05) is 20.5 Å². The lowest BCUT2D eigenvalue weighted by molar-refractivity contribution is -0.132. The van der Waals surface area contributed by atoms with E-state index in [1.807, 2.05) is 0 Å². The van der Waals surface area contributed by atoms with E-state index < -0.39 is 18.2 Å². The van der Waals surface area contributed by atoms with Crippen molar-refractivity contribution in [2.45, 2.75) is 18.6 Å². The van der Waals surface area contributed by atoms with Gasteiger partial charge in [0.25, 0.3) is 0 Å². The lowest BCUT2D eigenvalue weighted by Crippen LogP contribution is -2.44. The fourth-order valence-electron chi connectivity index (χ4n) is 1.56. The largest absolute Gasteiger partial charge is 0.465 e. The Morgan fingerprint density at radius 3 is 2.43 bits per heavy atom. The van der Waals surface area contributed by atoms with Gasteiger partial charge in [-0.15, -0.1) is 0 Å². The predicted molar refractivity (Wildman–Crippen MR) is 47.8 cm³/mol. The number of amides is 2. The predicted octanol–water partition coefficient (Wildman–Crippen LogP) is -0.812. The van der Waals surface area contributed by atoms with Gasteiger partial charge >= 0.3 is 6.09 Å². The zero-order chi connectivity index (χ0) is 10.9. The number of likely N-dealkylation sites (N-methyl/N-ethyl adjacent to an activating group) is 1. The Kier molecular flexibility index (Phi) is 2.95. The maximum Gasteiger partial charge on any atom is 0.408 e. The monoisotopic (exact) mass is 202 g/mol. The van der Waals surface area contributed by atoms with Crippen LogP contribution in [0.25, 0.3) is 0 Å². The maximum atomic E-state index is 11.5. The molecule has 0 spiro atoms. The van der Waals surface area contributed by atoms with Gasteiger partial charge in [0.05, 0.1) is 12.6 Å². The van der Waals surface area contributed by atoms with Crippen LogP contribution in [0.2, 0.25) is 0 Å². The zero-order valence-corrected chi connectivity index (χ0v) is 8.17. The van der Waals surface area contributed by atoms with Crippen LogP contribution in [0.4, 0.5) is 4.79 Å². The molecule has 0 saturated carbocycles. The summed E-state index contributed by atoms with van der Waals surface area (Å²) >= 11 is 0. The molecule has 0 aromatic carbocycles. The summed E-state index contributed by atoms with van der Waals surface area (Å²) in [4.78, 5) is 24.6. The van der Waals surface area contributed by atoms with Crippen LogP contribution in [0.15, 0.2) is 0 Å². The number of carbonyl (C=O) groups excluding carboxylic acids is 1. The van der Waals surface area contributed by atoms with Gasteiger partial charge in [0.2, 0.25) is 5.91 Å². The van der Waals surface area contributed by atoms with Crippen molar-refractivity contribution in [3.8, 4) is 0 Å². The van der Waals surface area contributed by atoms with Gasteiger partial charge in [0.15, 0.2) is 0 Å². The van der Waals surface area contributed by atoms with Gasteiger partial charge in [-0.25, -0.2) is 4.79 Å². The molecule has 6 heteroatoms. The van der Waals surface area contributed by atoms with Gasteiger partial charge in [-0.1, -0.05) is 0 Å². The summed E-state index contributed by atoms with van der Waals surface area (Å²) in [6.07, 6.45) is -1.72. The second kappa shape index (κ2) is 3.83. The zero-order valence-electron chi connectivity index (χ0n) is 8.17. The molecule has 1 fully saturated rings. The second-order valence-corrected chi connectivity index (χ2v) is 3.57. The molecule has 0 unspecified atom stereocenters. The first-order chi connectivity index (χ1) is 6.43. The summed E-state index contributed by atoms with van der Waals surface area (Å²) in [5.74, 6) is -0.288. The third-order valence-electron chi connectivity index (χ3n) is 2.25. The van der Waals surface area contributed by atoms with E-state index in [1.165, 1.54) is 4.90 Å². The highest BCUT2D eigenvalue weighted by Crippen LogP contribution is 2.19. The number of hydrogen-bond donors (Lipinski definition) is 2. The third kappa shape index (κ3) is 1.95. The molecule has 0 aromatic heterocycles. The standard InChI is InChI=1S/C8H14N2O4/c1-9(2)7(12)6-3-5(11)4-10(6)8(13)14/h5-6,11H,3-4H2,1-2H3,(H,13,14)/t5-,6+/m1/s1. The maximum absolute atomic E-state index is 11.5. The highest BCUT2D eigenvalue weighted by Gasteiger charge is 2.39. The number of aliphatic hydroxyl groups excluding tert-OH is 1. The van der Waals surface area contributed by atoms with Gasteiger partial charge in [0.1, 0.15) is 6.04 Å². The van der Waals surface area contributed by atoms with Crippen molar-refractivity contribution < 1.29 is 19.8 Å². The van der Waals surface area contributed by atoms with Crippen molar-refractivity contribution in [1.82, 2.24) is 9.80 Å². The fraction of sp³-hybridized carbons (Fsp3) is 0.750. The van der Waals surface area contributed by atoms with E-state index >= 15 is 0 Å². The molecule has 1 aliphatic heterocycles. The van der Waals surface area contributed by atoms with Crippen molar-refractivity contribution >= 4 is 12.0 Å². The van der Waals surface area contributed by atoms with Crippen molar-refractivity contribution in [1.29, 1.82) is 0 Å². The molecule has 1 rings (SSSR count). The van der Waals surface area contributed by atoms with E-state index in [1.54, 1.807) is 14.1 Å². The van der Waals surface area contributed by atoms with E-state index in [-0.39, 0.29) is 18.9 Å². The van der Waals surface area contributed by atoms with Crippen molar-refractivity contribution in [3.63, 3.8) is 0 Å². The van der Waals surface area contributed by atoms with Crippen molar-refractivity contribution in [2.75, 3.05) is 20.6 Å². The van der Waals surface area contributed by atoms with Crippen LogP contribution in [-0.2, 0) is 4.79 Å². The van der Waals surface area contributed by atoms with Crippen LogP contribution in [0.3, 0.4) is 0 Å². The van der Waals surface area contributed by atoms with Crippen molar-refractivity contribution in [2.24, 2.45) is 0 Å². The quantitative estimate of drug-likeness (QED) is 0.582. The Morgan fingerprint density at radius 2 is 2.00 bits per heavy atom. The lowest BCUT2D eigenvalue weighted by atomic mass is 10.2. The molecule has 1 saturated heterocycles. The number of hydrogen-bond acceptors (Lipinski definition) is 3. The number of carbonyl (C=O) groups is 2. The van der Waals surface area contributed by atoms with E-state index in [0.29, 0.717) is 0 Å². The molecule has 2 atom stereocenters. The smallest absolute Gasteiger partial charge is 0.408 e. The van der Waals surface area contributed by atoms with Gasteiger partial charge in [-0.05, 0) is 0 Å². The van der Waals surface area contributed by atoms with E-state index in [2.05, 4.69) is 0 Å². The average molecular weight is 202 g/mol. The third-order valence-corrected chi connectivity index (χ3v) is 2.25. The Bertz CT molecular complexity index is 254. The van der Waals surface area contributed by atoms with Gasteiger partial charge in [-0.2, -0.15) is 0 Å². The molecule has 0 radical (unpaired) electrons. The molecule has 2 amide bonds. The molecule has 2 N–H and O–H groups in total. The number of rotatable bonds is 1. The highest BCUT2D eigenvalue weighted by molar-refractivity contribution is 5.85. The van der Waals surface area contributed by atoms with E-state index in [9.17, 15) is 14.7 Å². The van der Waals surface area contributed by atoms with Crippen LogP contribution in [0.5, 0.6) is 0 Å². The molecular weight excluding hydrogens is 188 g/mol. The first kappa shape index (κ1) is 10.8. The first-order valence-electron chi connectivity index (χ1n) is 4.32. The number of nitrogens with zero attached hydrogens (tertiary/aromatic N) is 2.